The number of anilines is 1. The minimum absolute atomic E-state index is 0.0300. The van der Waals surface area contributed by atoms with Crippen LogP contribution >= 0.6 is 11.6 Å². The molecule has 1 N–H and O–H groups in total. The molecule has 0 spiro atoms. The minimum atomic E-state index is -0.219. The lowest BCUT2D eigenvalue weighted by atomic mass is 10.1. The summed E-state index contributed by atoms with van der Waals surface area (Å²) >= 11 is 6.07. The summed E-state index contributed by atoms with van der Waals surface area (Å²) in [6.07, 6.45) is 3.95. The first-order chi connectivity index (χ1) is 11.1. The van der Waals surface area contributed by atoms with Gasteiger partial charge in [-0.3, -0.25) is 9.69 Å². The van der Waals surface area contributed by atoms with Gasteiger partial charge in [0, 0.05) is 23.8 Å². The molecule has 0 aliphatic heterocycles. The number of nitrogens with zero attached hydrogens (tertiary/aromatic N) is 2. The molecule has 1 aliphatic carbocycles. The number of pyridine rings is 1. The normalized spacial score (nSPS) is 15.4. The highest BCUT2D eigenvalue weighted by molar-refractivity contribution is 6.30. The van der Waals surface area contributed by atoms with Gasteiger partial charge in [0.15, 0.2) is 0 Å². The molecule has 1 amide bonds. The van der Waals surface area contributed by atoms with E-state index in [-0.39, 0.29) is 11.9 Å². The van der Waals surface area contributed by atoms with Crippen molar-refractivity contribution in [2.75, 3.05) is 5.32 Å². The number of rotatable bonds is 6. The molecule has 1 aliphatic rings. The molecule has 1 heterocycles. The number of hydrogen-bond donors (Lipinski definition) is 1. The molecule has 1 aromatic heterocycles. The molecule has 1 atom stereocenters. The first kappa shape index (κ1) is 16.0. The standard InChI is InChI=1S/C18H20ClN3O/c1-13(18(23)21-17-7-2-3-10-20-17)22(16-8-9-16)12-14-5-4-6-15(19)11-14/h2-7,10-11,13,16H,8-9,12H2,1H3,(H,20,21,23)/t13-/m1/s1. The van der Waals surface area contributed by atoms with Gasteiger partial charge in [-0.2, -0.15) is 0 Å². The van der Waals surface area contributed by atoms with Gasteiger partial charge in [0.05, 0.1) is 6.04 Å². The summed E-state index contributed by atoms with van der Waals surface area (Å²) < 4.78 is 0. The lowest BCUT2D eigenvalue weighted by Gasteiger charge is -2.28. The smallest absolute Gasteiger partial charge is 0.242 e. The predicted molar refractivity (Wildman–Crippen MR) is 92.3 cm³/mol. The Morgan fingerprint density at radius 1 is 1.35 bits per heavy atom. The topological polar surface area (TPSA) is 45.2 Å². The molecule has 0 radical (unpaired) electrons. The fourth-order valence-corrected chi connectivity index (χ4v) is 2.87. The average Bonchev–Trinajstić information content (AvgIpc) is 3.38. The molecule has 0 saturated heterocycles. The fourth-order valence-electron chi connectivity index (χ4n) is 2.65. The number of carbonyl (C=O) groups excluding carboxylic acids is 1. The second kappa shape index (κ2) is 7.11. The number of amides is 1. The van der Waals surface area contributed by atoms with Crippen molar-refractivity contribution in [3.05, 3.63) is 59.2 Å². The maximum absolute atomic E-state index is 12.5. The van der Waals surface area contributed by atoms with Gasteiger partial charge in [0.1, 0.15) is 5.82 Å². The predicted octanol–water partition coefficient (Wildman–Crippen LogP) is 3.73. The van der Waals surface area contributed by atoms with Gasteiger partial charge in [-0.1, -0.05) is 29.8 Å². The first-order valence-corrected chi connectivity index (χ1v) is 8.23. The van der Waals surface area contributed by atoms with E-state index in [1.165, 1.54) is 0 Å². The molecule has 5 heteroatoms. The quantitative estimate of drug-likeness (QED) is 0.878. The summed E-state index contributed by atoms with van der Waals surface area (Å²) in [4.78, 5) is 18.9. The van der Waals surface area contributed by atoms with Crippen molar-refractivity contribution in [3.8, 4) is 0 Å². The Kier molecular flexibility index (Phi) is 4.94. The Bertz CT molecular complexity index is 673. The van der Waals surface area contributed by atoms with E-state index in [1.54, 1.807) is 12.3 Å². The van der Waals surface area contributed by atoms with E-state index in [2.05, 4.69) is 15.2 Å². The Labute approximate surface area is 141 Å². The van der Waals surface area contributed by atoms with Crippen LogP contribution in [0.4, 0.5) is 5.82 Å². The number of aromatic nitrogens is 1. The second-order valence-corrected chi connectivity index (χ2v) is 6.35. The van der Waals surface area contributed by atoms with Crippen LogP contribution in [0.5, 0.6) is 0 Å². The number of nitrogens with one attached hydrogen (secondary N) is 1. The monoisotopic (exact) mass is 329 g/mol. The van der Waals surface area contributed by atoms with Crippen molar-refractivity contribution in [2.45, 2.75) is 38.4 Å². The molecular formula is C18H20ClN3O. The van der Waals surface area contributed by atoms with E-state index < -0.39 is 0 Å². The molecule has 3 rings (SSSR count). The molecule has 0 bridgehead atoms. The van der Waals surface area contributed by atoms with Crippen LogP contribution in [0.3, 0.4) is 0 Å². The highest BCUT2D eigenvalue weighted by atomic mass is 35.5. The van der Waals surface area contributed by atoms with Crippen molar-refractivity contribution in [1.82, 2.24) is 9.88 Å². The highest BCUT2D eigenvalue weighted by Crippen LogP contribution is 2.30. The summed E-state index contributed by atoms with van der Waals surface area (Å²) in [5.41, 5.74) is 1.13. The van der Waals surface area contributed by atoms with Crippen molar-refractivity contribution in [3.63, 3.8) is 0 Å². The Balaban J connectivity index is 1.69. The lowest BCUT2D eigenvalue weighted by Crippen LogP contribution is -2.43. The first-order valence-electron chi connectivity index (χ1n) is 7.85. The maximum Gasteiger partial charge on any atom is 0.242 e. The van der Waals surface area contributed by atoms with Gasteiger partial charge in [0.25, 0.3) is 0 Å². The molecule has 1 aromatic carbocycles. The van der Waals surface area contributed by atoms with E-state index in [9.17, 15) is 4.79 Å². The molecule has 1 saturated carbocycles. The number of benzene rings is 1. The van der Waals surface area contributed by atoms with Gasteiger partial charge < -0.3 is 5.32 Å². The van der Waals surface area contributed by atoms with Crippen LogP contribution in [0.15, 0.2) is 48.7 Å². The van der Waals surface area contributed by atoms with Gasteiger partial charge >= 0.3 is 0 Å². The summed E-state index contributed by atoms with van der Waals surface area (Å²) in [5.74, 6) is 0.556. The summed E-state index contributed by atoms with van der Waals surface area (Å²) in [7, 11) is 0. The third-order valence-corrected chi connectivity index (χ3v) is 4.30. The summed E-state index contributed by atoms with van der Waals surface area (Å²) in [5, 5.41) is 3.61. The van der Waals surface area contributed by atoms with Crippen molar-refractivity contribution in [1.29, 1.82) is 0 Å². The summed E-state index contributed by atoms with van der Waals surface area (Å²) in [6.45, 7) is 2.67. The SMILES string of the molecule is C[C@H](C(=O)Nc1ccccn1)N(Cc1cccc(Cl)c1)C1CC1. The van der Waals surface area contributed by atoms with Crippen LogP contribution in [0, 0.1) is 0 Å². The van der Waals surface area contributed by atoms with E-state index in [0.717, 1.165) is 30.0 Å². The molecule has 0 unspecified atom stereocenters. The fraction of sp³-hybridized carbons (Fsp3) is 0.333. The zero-order valence-electron chi connectivity index (χ0n) is 13.1. The maximum atomic E-state index is 12.5. The van der Waals surface area contributed by atoms with Gasteiger partial charge in [-0.15, -0.1) is 0 Å². The number of carbonyl (C=O) groups is 1. The van der Waals surface area contributed by atoms with Crippen molar-refractivity contribution < 1.29 is 4.79 Å². The number of hydrogen-bond acceptors (Lipinski definition) is 3. The molecule has 1 fully saturated rings. The zero-order chi connectivity index (χ0) is 16.2. The minimum Gasteiger partial charge on any atom is -0.309 e. The van der Waals surface area contributed by atoms with Crippen LogP contribution < -0.4 is 5.32 Å². The summed E-state index contributed by atoms with van der Waals surface area (Å²) in [6, 6.07) is 13.5. The third kappa shape index (κ3) is 4.30. The zero-order valence-corrected chi connectivity index (χ0v) is 13.8. The molecule has 2 aromatic rings. The van der Waals surface area contributed by atoms with Crippen molar-refractivity contribution >= 4 is 23.3 Å². The van der Waals surface area contributed by atoms with Crippen LogP contribution in [-0.4, -0.2) is 27.9 Å². The second-order valence-electron chi connectivity index (χ2n) is 5.91. The molecular weight excluding hydrogens is 310 g/mol. The van der Waals surface area contributed by atoms with Gasteiger partial charge in [0.2, 0.25) is 5.91 Å². The van der Waals surface area contributed by atoms with Gasteiger partial charge in [-0.25, -0.2) is 4.98 Å². The Hall–Kier alpha value is -1.91. The van der Waals surface area contributed by atoms with E-state index in [0.29, 0.717) is 11.9 Å². The van der Waals surface area contributed by atoms with E-state index in [4.69, 9.17) is 11.6 Å². The number of halogens is 1. The largest absolute Gasteiger partial charge is 0.309 e. The Morgan fingerprint density at radius 3 is 2.83 bits per heavy atom. The van der Waals surface area contributed by atoms with Crippen molar-refractivity contribution in [2.24, 2.45) is 0 Å². The van der Waals surface area contributed by atoms with Crippen LogP contribution in [0.1, 0.15) is 25.3 Å². The van der Waals surface area contributed by atoms with Gasteiger partial charge in [-0.05, 0) is 49.6 Å². The average molecular weight is 330 g/mol. The molecule has 4 nitrogen and oxygen atoms in total. The molecule has 120 valence electrons. The van der Waals surface area contributed by atoms with E-state index in [1.807, 2.05) is 43.3 Å². The Morgan fingerprint density at radius 2 is 2.17 bits per heavy atom. The van der Waals surface area contributed by atoms with E-state index >= 15 is 0 Å². The van der Waals surface area contributed by atoms with Crippen LogP contribution in [0.2, 0.25) is 5.02 Å². The van der Waals surface area contributed by atoms with Crippen LogP contribution in [0.25, 0.3) is 0 Å². The molecule has 23 heavy (non-hydrogen) atoms. The highest BCUT2D eigenvalue weighted by Gasteiger charge is 2.35. The third-order valence-electron chi connectivity index (χ3n) is 4.06. The van der Waals surface area contributed by atoms with Crippen LogP contribution in [-0.2, 0) is 11.3 Å². The lowest BCUT2D eigenvalue weighted by molar-refractivity contribution is -0.121.